The van der Waals surface area contributed by atoms with E-state index in [4.69, 9.17) is 0 Å². The van der Waals surface area contributed by atoms with Gasteiger partial charge in [0, 0.05) is 18.0 Å². The molecular weight excluding hydrogens is 366 g/mol. The Hall–Kier alpha value is -1.50. The van der Waals surface area contributed by atoms with Crippen molar-refractivity contribution in [1.82, 2.24) is 4.31 Å². The minimum Gasteiger partial charge on any atom is -0.508 e. The highest BCUT2D eigenvalue weighted by Crippen LogP contribution is 2.26. The van der Waals surface area contributed by atoms with Gasteiger partial charge in [-0.05, 0) is 67.8 Å². The SMILES string of the molecule is CCCN(CCCSc1ccc(O)c(C)c1)S(=O)(=O)c1ccccc1C. The monoisotopic (exact) mass is 393 g/mol. The molecule has 0 bridgehead atoms. The zero-order valence-corrected chi connectivity index (χ0v) is 17.2. The van der Waals surface area contributed by atoms with Crippen LogP contribution in [0.5, 0.6) is 5.75 Å². The molecule has 0 unspecified atom stereocenters. The maximum atomic E-state index is 13.0. The first-order valence-corrected chi connectivity index (χ1v) is 11.3. The van der Waals surface area contributed by atoms with E-state index in [1.54, 1.807) is 34.3 Å². The summed E-state index contributed by atoms with van der Waals surface area (Å²) in [4.78, 5) is 1.49. The normalized spacial score (nSPS) is 11.8. The number of hydrogen-bond donors (Lipinski definition) is 1. The summed E-state index contributed by atoms with van der Waals surface area (Å²) in [6.45, 7) is 6.74. The molecule has 0 radical (unpaired) electrons. The summed E-state index contributed by atoms with van der Waals surface area (Å²) in [6, 6.07) is 12.7. The Morgan fingerprint density at radius 1 is 1.04 bits per heavy atom. The van der Waals surface area contributed by atoms with Crippen LogP contribution in [0.4, 0.5) is 0 Å². The van der Waals surface area contributed by atoms with E-state index < -0.39 is 10.0 Å². The van der Waals surface area contributed by atoms with Crippen molar-refractivity contribution in [1.29, 1.82) is 0 Å². The lowest BCUT2D eigenvalue weighted by molar-refractivity contribution is 0.410. The molecule has 0 spiro atoms. The highest BCUT2D eigenvalue weighted by Gasteiger charge is 2.24. The lowest BCUT2D eigenvalue weighted by Crippen LogP contribution is -2.33. The van der Waals surface area contributed by atoms with Crippen molar-refractivity contribution in [2.45, 2.75) is 43.4 Å². The van der Waals surface area contributed by atoms with Crippen LogP contribution >= 0.6 is 11.8 Å². The maximum absolute atomic E-state index is 13.0. The highest BCUT2D eigenvalue weighted by atomic mass is 32.2. The number of aromatic hydroxyl groups is 1. The molecule has 0 amide bonds. The van der Waals surface area contributed by atoms with E-state index >= 15 is 0 Å². The first-order valence-electron chi connectivity index (χ1n) is 8.84. The van der Waals surface area contributed by atoms with Gasteiger partial charge in [-0.3, -0.25) is 0 Å². The maximum Gasteiger partial charge on any atom is 0.243 e. The number of phenolic OH excluding ortho intramolecular Hbond substituents is 1. The summed E-state index contributed by atoms with van der Waals surface area (Å²) < 4.78 is 27.6. The molecule has 0 aliphatic carbocycles. The van der Waals surface area contributed by atoms with Gasteiger partial charge < -0.3 is 5.11 Å². The van der Waals surface area contributed by atoms with Crippen molar-refractivity contribution in [3.63, 3.8) is 0 Å². The van der Waals surface area contributed by atoms with Crippen LogP contribution in [-0.4, -0.2) is 36.7 Å². The lowest BCUT2D eigenvalue weighted by Gasteiger charge is -2.22. The molecule has 0 atom stereocenters. The fourth-order valence-electron chi connectivity index (χ4n) is 2.74. The fraction of sp³-hybridized carbons (Fsp3) is 0.400. The van der Waals surface area contributed by atoms with Gasteiger partial charge in [0.15, 0.2) is 0 Å². The summed E-state index contributed by atoms with van der Waals surface area (Å²) in [5.74, 6) is 1.13. The second-order valence-electron chi connectivity index (χ2n) is 6.32. The predicted molar refractivity (Wildman–Crippen MR) is 108 cm³/mol. The molecule has 2 aromatic rings. The van der Waals surface area contributed by atoms with Crippen LogP contribution in [0.1, 0.15) is 30.9 Å². The number of thioether (sulfide) groups is 1. The molecule has 2 aromatic carbocycles. The average Bonchev–Trinajstić information content (AvgIpc) is 2.60. The smallest absolute Gasteiger partial charge is 0.243 e. The number of hydrogen-bond acceptors (Lipinski definition) is 4. The van der Waals surface area contributed by atoms with Crippen LogP contribution in [-0.2, 0) is 10.0 Å². The summed E-state index contributed by atoms with van der Waals surface area (Å²) in [5.41, 5.74) is 1.63. The molecule has 0 aliphatic heterocycles. The molecule has 26 heavy (non-hydrogen) atoms. The standard InChI is InChI=1S/C20H27NO3S2/c1-4-12-21(26(23,24)20-9-6-5-8-16(20)2)13-7-14-25-18-10-11-19(22)17(3)15-18/h5-6,8-11,15,22H,4,7,12-14H2,1-3H3. The number of aryl methyl sites for hydroxylation is 2. The number of rotatable bonds is 9. The van der Waals surface area contributed by atoms with Crippen molar-refractivity contribution in [3.8, 4) is 5.75 Å². The van der Waals surface area contributed by atoms with Gasteiger partial charge in [-0.25, -0.2) is 8.42 Å². The van der Waals surface area contributed by atoms with Crippen molar-refractivity contribution in [2.75, 3.05) is 18.8 Å². The Morgan fingerprint density at radius 2 is 1.77 bits per heavy atom. The molecule has 0 aromatic heterocycles. The third-order valence-electron chi connectivity index (χ3n) is 4.17. The molecule has 0 aliphatic rings. The molecule has 0 saturated carbocycles. The van der Waals surface area contributed by atoms with Gasteiger partial charge in [0.2, 0.25) is 10.0 Å². The summed E-state index contributed by atoms with van der Waals surface area (Å²) in [5, 5.41) is 9.58. The molecule has 0 saturated heterocycles. The number of nitrogens with zero attached hydrogens (tertiary/aromatic N) is 1. The zero-order chi connectivity index (χ0) is 19.2. The Morgan fingerprint density at radius 3 is 2.42 bits per heavy atom. The van der Waals surface area contributed by atoms with Crippen molar-refractivity contribution in [3.05, 3.63) is 53.6 Å². The molecular formula is C20H27NO3S2. The van der Waals surface area contributed by atoms with E-state index in [0.29, 0.717) is 23.7 Å². The second-order valence-corrected chi connectivity index (χ2v) is 9.39. The number of benzene rings is 2. The van der Waals surface area contributed by atoms with Gasteiger partial charge in [-0.2, -0.15) is 4.31 Å². The third kappa shape index (κ3) is 5.25. The van der Waals surface area contributed by atoms with Crippen LogP contribution in [0.15, 0.2) is 52.3 Å². The van der Waals surface area contributed by atoms with Crippen LogP contribution in [0.25, 0.3) is 0 Å². The van der Waals surface area contributed by atoms with E-state index in [-0.39, 0.29) is 0 Å². The molecule has 2 rings (SSSR count). The number of sulfonamides is 1. The van der Waals surface area contributed by atoms with Gasteiger partial charge in [-0.1, -0.05) is 25.1 Å². The van der Waals surface area contributed by atoms with Gasteiger partial charge in [0.05, 0.1) is 4.90 Å². The Bertz CT molecular complexity index is 835. The van der Waals surface area contributed by atoms with E-state index in [0.717, 1.165) is 34.6 Å². The summed E-state index contributed by atoms with van der Waals surface area (Å²) in [6.07, 6.45) is 1.56. The predicted octanol–water partition coefficient (Wildman–Crippen LogP) is 4.59. The second kappa shape index (κ2) is 9.44. The van der Waals surface area contributed by atoms with E-state index in [2.05, 4.69) is 0 Å². The van der Waals surface area contributed by atoms with E-state index in [9.17, 15) is 13.5 Å². The van der Waals surface area contributed by atoms with Crippen LogP contribution in [0.2, 0.25) is 0 Å². The Labute approximate surface area is 161 Å². The largest absolute Gasteiger partial charge is 0.508 e. The lowest BCUT2D eigenvalue weighted by atomic mass is 10.2. The molecule has 6 heteroatoms. The van der Waals surface area contributed by atoms with Gasteiger partial charge >= 0.3 is 0 Å². The molecule has 142 valence electrons. The summed E-state index contributed by atoms with van der Waals surface area (Å²) in [7, 11) is -3.46. The van der Waals surface area contributed by atoms with Gasteiger partial charge in [0.25, 0.3) is 0 Å². The fourth-order valence-corrected chi connectivity index (χ4v) is 5.46. The zero-order valence-electron chi connectivity index (χ0n) is 15.6. The Kier molecular flexibility index (Phi) is 7.55. The third-order valence-corrected chi connectivity index (χ3v) is 7.31. The van der Waals surface area contributed by atoms with Crippen LogP contribution in [0.3, 0.4) is 0 Å². The first kappa shape index (κ1) is 20.8. The average molecular weight is 394 g/mol. The topological polar surface area (TPSA) is 57.6 Å². The number of phenols is 1. The van der Waals surface area contributed by atoms with Gasteiger partial charge in [-0.15, -0.1) is 11.8 Å². The minimum atomic E-state index is -3.46. The summed E-state index contributed by atoms with van der Waals surface area (Å²) >= 11 is 1.68. The van der Waals surface area contributed by atoms with Crippen LogP contribution < -0.4 is 0 Å². The molecule has 4 nitrogen and oxygen atoms in total. The van der Waals surface area contributed by atoms with Crippen LogP contribution in [0, 0.1) is 13.8 Å². The van der Waals surface area contributed by atoms with Gasteiger partial charge in [0.1, 0.15) is 5.75 Å². The quantitative estimate of drug-likeness (QED) is 0.500. The van der Waals surface area contributed by atoms with E-state index in [1.807, 2.05) is 45.0 Å². The molecule has 0 heterocycles. The van der Waals surface area contributed by atoms with E-state index in [1.165, 1.54) is 0 Å². The van der Waals surface area contributed by atoms with Crippen molar-refractivity contribution in [2.24, 2.45) is 0 Å². The van der Waals surface area contributed by atoms with Crippen molar-refractivity contribution >= 4 is 21.8 Å². The Balaban J connectivity index is 1.99. The molecule has 1 N–H and O–H groups in total. The highest BCUT2D eigenvalue weighted by molar-refractivity contribution is 7.99. The molecule has 0 fully saturated rings. The first-order chi connectivity index (χ1) is 12.4. The van der Waals surface area contributed by atoms with Crippen molar-refractivity contribution < 1.29 is 13.5 Å². The minimum absolute atomic E-state index is 0.299.